The summed E-state index contributed by atoms with van der Waals surface area (Å²) in [6, 6.07) is 19.5. The number of benzene rings is 3. The van der Waals surface area contributed by atoms with Crippen molar-refractivity contribution in [1.29, 1.82) is 0 Å². The van der Waals surface area contributed by atoms with Crippen LogP contribution in [0.25, 0.3) is 5.57 Å². The fraction of sp³-hybridized carbons (Fsp3) is 0.179. The van der Waals surface area contributed by atoms with Crippen LogP contribution in [0.4, 0.5) is 5.69 Å². The monoisotopic (exact) mass is 452 g/mol. The number of amides is 2. The maximum absolute atomic E-state index is 13.5. The number of allylic oxidation sites excluding steroid dienone is 1. The van der Waals surface area contributed by atoms with Gasteiger partial charge in [0.05, 0.1) is 16.7 Å². The van der Waals surface area contributed by atoms with Crippen LogP contribution in [-0.2, 0) is 4.79 Å². The summed E-state index contributed by atoms with van der Waals surface area (Å²) < 4.78 is 5.77. The van der Waals surface area contributed by atoms with E-state index in [-0.39, 0.29) is 16.7 Å². The summed E-state index contributed by atoms with van der Waals surface area (Å²) in [5, 5.41) is 3.45. The first kappa shape index (κ1) is 21.6. The Morgan fingerprint density at radius 3 is 2.15 bits per heavy atom. The zero-order valence-corrected chi connectivity index (χ0v) is 19.2. The second kappa shape index (κ2) is 7.99. The van der Waals surface area contributed by atoms with Gasteiger partial charge in [-0.05, 0) is 62.2 Å². The van der Waals surface area contributed by atoms with Gasteiger partial charge < -0.3 is 10.1 Å². The molecule has 0 bridgehead atoms. The Kier molecular flexibility index (Phi) is 5.09. The average molecular weight is 453 g/mol. The van der Waals surface area contributed by atoms with Crippen LogP contribution in [0.5, 0.6) is 5.75 Å². The van der Waals surface area contributed by atoms with Crippen LogP contribution in [0.2, 0.25) is 0 Å². The van der Waals surface area contributed by atoms with Crippen LogP contribution < -0.4 is 10.1 Å². The van der Waals surface area contributed by atoms with Crippen molar-refractivity contribution in [2.45, 2.75) is 32.4 Å². The predicted octanol–water partition coefficient (Wildman–Crippen LogP) is 5.24. The van der Waals surface area contributed by atoms with Crippen molar-refractivity contribution >= 4 is 29.0 Å². The first-order valence-electron chi connectivity index (χ1n) is 11.1. The van der Waals surface area contributed by atoms with Gasteiger partial charge in [-0.25, -0.2) is 4.79 Å². The number of fused-ring (bicyclic) bond motifs is 2. The van der Waals surface area contributed by atoms with Crippen molar-refractivity contribution in [2.75, 3.05) is 5.32 Å². The molecule has 0 saturated heterocycles. The van der Waals surface area contributed by atoms with E-state index in [0.29, 0.717) is 11.3 Å². The molecule has 1 unspecified atom stereocenters. The Morgan fingerprint density at radius 2 is 1.50 bits per heavy atom. The largest absolute Gasteiger partial charge is 0.425 e. The lowest BCUT2D eigenvalue weighted by atomic mass is 9.91. The molecular weight excluding hydrogens is 428 g/mol. The molecule has 0 fully saturated rings. The van der Waals surface area contributed by atoms with Gasteiger partial charge in [-0.3, -0.25) is 14.5 Å². The number of imide groups is 1. The number of esters is 1. The van der Waals surface area contributed by atoms with Crippen LogP contribution >= 0.6 is 0 Å². The molecule has 0 saturated carbocycles. The van der Waals surface area contributed by atoms with Gasteiger partial charge in [-0.15, -0.1) is 0 Å². The van der Waals surface area contributed by atoms with Gasteiger partial charge in [0.2, 0.25) is 0 Å². The van der Waals surface area contributed by atoms with Gasteiger partial charge in [0.1, 0.15) is 5.75 Å². The molecule has 34 heavy (non-hydrogen) atoms. The third-order valence-electron chi connectivity index (χ3n) is 6.09. The molecule has 1 atom stereocenters. The molecule has 2 aliphatic rings. The molecule has 2 heterocycles. The van der Waals surface area contributed by atoms with Crippen molar-refractivity contribution in [3.8, 4) is 5.75 Å². The lowest BCUT2D eigenvalue weighted by Crippen LogP contribution is -2.40. The van der Waals surface area contributed by atoms with Crippen LogP contribution in [0, 0.1) is 0 Å². The Balaban J connectivity index is 1.50. The highest BCUT2D eigenvalue weighted by atomic mass is 16.5. The maximum atomic E-state index is 13.5. The van der Waals surface area contributed by atoms with E-state index in [0.717, 1.165) is 21.7 Å². The minimum absolute atomic E-state index is 0.181. The van der Waals surface area contributed by atoms with E-state index < -0.39 is 23.8 Å². The lowest BCUT2D eigenvalue weighted by molar-refractivity contribution is -0.139. The molecule has 2 aliphatic heterocycles. The Bertz CT molecular complexity index is 1320. The van der Waals surface area contributed by atoms with Gasteiger partial charge in [-0.1, -0.05) is 48.5 Å². The van der Waals surface area contributed by atoms with E-state index in [1.807, 2.05) is 13.0 Å². The summed E-state index contributed by atoms with van der Waals surface area (Å²) >= 11 is 0. The van der Waals surface area contributed by atoms with Crippen LogP contribution in [0.1, 0.15) is 58.7 Å². The fourth-order valence-electron chi connectivity index (χ4n) is 4.66. The maximum Gasteiger partial charge on any atom is 0.339 e. The molecule has 6 heteroatoms. The highest BCUT2D eigenvalue weighted by Crippen LogP contribution is 2.37. The summed E-state index contributed by atoms with van der Waals surface area (Å²) in [6.45, 7) is 6.18. The normalized spacial score (nSPS) is 16.8. The van der Waals surface area contributed by atoms with E-state index in [1.165, 1.54) is 0 Å². The van der Waals surface area contributed by atoms with Crippen molar-refractivity contribution in [3.63, 3.8) is 0 Å². The van der Waals surface area contributed by atoms with Crippen LogP contribution in [0.15, 0.2) is 78.9 Å². The van der Waals surface area contributed by atoms with Crippen molar-refractivity contribution in [1.82, 2.24) is 4.90 Å². The molecule has 0 aliphatic carbocycles. The third-order valence-corrected chi connectivity index (χ3v) is 6.09. The molecule has 3 aromatic carbocycles. The fourth-order valence-corrected chi connectivity index (χ4v) is 4.66. The molecule has 5 rings (SSSR count). The Hall–Kier alpha value is -4.19. The number of rotatable bonds is 4. The molecule has 6 nitrogen and oxygen atoms in total. The second-order valence-electron chi connectivity index (χ2n) is 9.14. The summed E-state index contributed by atoms with van der Waals surface area (Å²) in [5.74, 6) is -1.38. The van der Waals surface area contributed by atoms with Gasteiger partial charge in [0, 0.05) is 11.3 Å². The van der Waals surface area contributed by atoms with Crippen molar-refractivity contribution in [3.05, 3.63) is 101 Å². The van der Waals surface area contributed by atoms with Gasteiger partial charge in [0.25, 0.3) is 11.8 Å². The summed E-state index contributed by atoms with van der Waals surface area (Å²) in [4.78, 5) is 40.8. The molecule has 2 amide bonds. The van der Waals surface area contributed by atoms with Gasteiger partial charge in [0.15, 0.2) is 6.04 Å². The first-order valence-corrected chi connectivity index (χ1v) is 11.1. The standard InChI is InChI=1S/C28H24N2O4/c1-17-16-28(2,3)29-23-14-13-19(15-22(17)23)34-27(33)24(18-9-5-4-6-10-18)30-25(31)20-11-7-8-12-21(20)26(30)32/h4-16,24,29H,1-3H3. The third kappa shape index (κ3) is 3.67. The number of nitrogens with one attached hydrogen (secondary N) is 1. The zero-order chi connectivity index (χ0) is 24.0. The molecule has 0 radical (unpaired) electrons. The quantitative estimate of drug-likeness (QED) is 0.333. The number of anilines is 1. The summed E-state index contributed by atoms with van der Waals surface area (Å²) in [7, 11) is 0. The highest BCUT2D eigenvalue weighted by Gasteiger charge is 2.44. The van der Waals surface area contributed by atoms with E-state index in [1.54, 1.807) is 66.7 Å². The van der Waals surface area contributed by atoms with E-state index >= 15 is 0 Å². The number of carbonyl (C=O) groups excluding carboxylic acids is 3. The molecule has 0 aromatic heterocycles. The smallest absolute Gasteiger partial charge is 0.339 e. The summed E-state index contributed by atoms with van der Waals surface area (Å²) in [6.07, 6.45) is 2.12. The predicted molar refractivity (Wildman–Crippen MR) is 130 cm³/mol. The number of ether oxygens (including phenoxy) is 1. The molecule has 1 N–H and O–H groups in total. The van der Waals surface area contributed by atoms with Crippen LogP contribution in [-0.4, -0.2) is 28.2 Å². The number of carbonyl (C=O) groups is 3. The van der Waals surface area contributed by atoms with Gasteiger partial charge in [-0.2, -0.15) is 0 Å². The lowest BCUT2D eigenvalue weighted by Gasteiger charge is -2.31. The number of nitrogens with zero attached hydrogens (tertiary/aromatic N) is 1. The van der Waals surface area contributed by atoms with Crippen LogP contribution in [0.3, 0.4) is 0 Å². The average Bonchev–Trinajstić information content (AvgIpc) is 3.05. The van der Waals surface area contributed by atoms with Crippen molar-refractivity contribution < 1.29 is 19.1 Å². The molecule has 170 valence electrons. The van der Waals surface area contributed by atoms with E-state index in [9.17, 15) is 14.4 Å². The zero-order valence-electron chi connectivity index (χ0n) is 19.2. The SMILES string of the molecule is CC1=CC(C)(C)Nc2ccc(OC(=O)C(c3ccccc3)N3C(=O)c4ccccc4C3=O)cc21. The van der Waals surface area contributed by atoms with Crippen molar-refractivity contribution in [2.24, 2.45) is 0 Å². The second-order valence-corrected chi connectivity index (χ2v) is 9.14. The van der Waals surface area contributed by atoms with E-state index in [2.05, 4.69) is 25.2 Å². The topological polar surface area (TPSA) is 75.7 Å². The minimum atomic E-state index is -1.21. The summed E-state index contributed by atoms with van der Waals surface area (Å²) in [5.41, 5.74) is 3.83. The molecule has 0 spiro atoms. The Morgan fingerprint density at radius 1 is 0.882 bits per heavy atom. The van der Waals surface area contributed by atoms with Gasteiger partial charge >= 0.3 is 5.97 Å². The molecular formula is C28H24N2O4. The highest BCUT2D eigenvalue weighted by molar-refractivity contribution is 6.22. The van der Waals surface area contributed by atoms with E-state index in [4.69, 9.17) is 4.74 Å². The molecule has 3 aromatic rings. The number of hydrogen-bond donors (Lipinski definition) is 1. The first-order chi connectivity index (χ1) is 16.2. The Labute approximate surface area is 197 Å². The number of hydrogen-bond acceptors (Lipinski definition) is 5. The minimum Gasteiger partial charge on any atom is -0.425 e.